The number of carbonyl (C=O) groups is 1. The number of carboxylic acid groups (broad SMARTS) is 1. The first kappa shape index (κ1) is 11.7. The second-order valence-electron chi connectivity index (χ2n) is 3.46. The van der Waals surface area contributed by atoms with Crippen molar-refractivity contribution >= 4 is 17.3 Å². The maximum atomic E-state index is 10.8. The standard InChI is InChI=1S/C13H12O3S/c1-2-16-11-5-3-9(4-6-11)10-7-12(13(14)15)17-8-10/h3-8H,2H2,1H3,(H,14,15). The van der Waals surface area contributed by atoms with E-state index < -0.39 is 5.97 Å². The van der Waals surface area contributed by atoms with Gasteiger partial charge in [-0.25, -0.2) is 4.79 Å². The minimum Gasteiger partial charge on any atom is -0.494 e. The minimum absolute atomic E-state index is 0.355. The van der Waals surface area contributed by atoms with Crippen molar-refractivity contribution < 1.29 is 14.6 Å². The van der Waals surface area contributed by atoms with Gasteiger partial charge in [-0.3, -0.25) is 0 Å². The molecule has 1 aromatic heterocycles. The van der Waals surface area contributed by atoms with Gasteiger partial charge >= 0.3 is 5.97 Å². The maximum absolute atomic E-state index is 10.8. The second-order valence-corrected chi connectivity index (χ2v) is 4.37. The molecular weight excluding hydrogens is 236 g/mol. The lowest BCUT2D eigenvalue weighted by atomic mass is 10.1. The Kier molecular flexibility index (Phi) is 3.44. The largest absolute Gasteiger partial charge is 0.494 e. The molecular formula is C13H12O3S. The van der Waals surface area contributed by atoms with E-state index in [1.54, 1.807) is 6.07 Å². The third-order valence-electron chi connectivity index (χ3n) is 2.31. The average molecular weight is 248 g/mol. The summed E-state index contributed by atoms with van der Waals surface area (Å²) in [6.07, 6.45) is 0. The predicted molar refractivity (Wildman–Crippen MR) is 67.9 cm³/mol. The third-order valence-corrected chi connectivity index (χ3v) is 3.23. The van der Waals surface area contributed by atoms with E-state index in [1.807, 2.05) is 36.6 Å². The fraction of sp³-hybridized carbons (Fsp3) is 0.154. The zero-order chi connectivity index (χ0) is 12.3. The normalized spacial score (nSPS) is 10.2. The van der Waals surface area contributed by atoms with E-state index >= 15 is 0 Å². The molecule has 1 N–H and O–H groups in total. The highest BCUT2D eigenvalue weighted by molar-refractivity contribution is 7.12. The molecule has 0 saturated carbocycles. The summed E-state index contributed by atoms with van der Waals surface area (Å²) in [6, 6.07) is 9.31. The molecule has 2 rings (SSSR count). The Hall–Kier alpha value is -1.81. The monoisotopic (exact) mass is 248 g/mol. The molecule has 0 aliphatic carbocycles. The van der Waals surface area contributed by atoms with Crippen molar-refractivity contribution in [2.24, 2.45) is 0 Å². The van der Waals surface area contributed by atoms with E-state index in [0.717, 1.165) is 16.9 Å². The summed E-state index contributed by atoms with van der Waals surface area (Å²) in [5.74, 6) is -0.0582. The number of carboxylic acids is 1. The highest BCUT2D eigenvalue weighted by Crippen LogP contribution is 2.27. The molecule has 3 nitrogen and oxygen atoms in total. The van der Waals surface area contributed by atoms with Crippen molar-refractivity contribution in [1.29, 1.82) is 0 Å². The SMILES string of the molecule is CCOc1ccc(-c2csc(C(=O)O)c2)cc1. The van der Waals surface area contributed by atoms with Crippen molar-refractivity contribution in [2.75, 3.05) is 6.61 Å². The fourth-order valence-corrected chi connectivity index (χ4v) is 2.26. The van der Waals surface area contributed by atoms with Crippen LogP contribution in [-0.2, 0) is 0 Å². The molecule has 88 valence electrons. The summed E-state index contributed by atoms with van der Waals surface area (Å²) in [5, 5.41) is 10.7. The molecule has 0 atom stereocenters. The van der Waals surface area contributed by atoms with Crippen LogP contribution in [0.15, 0.2) is 35.7 Å². The van der Waals surface area contributed by atoms with Crippen molar-refractivity contribution in [1.82, 2.24) is 0 Å². The lowest BCUT2D eigenvalue weighted by Gasteiger charge is -2.03. The molecule has 0 saturated heterocycles. The zero-order valence-corrected chi connectivity index (χ0v) is 10.2. The first-order valence-electron chi connectivity index (χ1n) is 5.25. The van der Waals surface area contributed by atoms with Crippen LogP contribution in [0.5, 0.6) is 5.75 Å². The molecule has 0 unspecified atom stereocenters. The topological polar surface area (TPSA) is 46.5 Å². The lowest BCUT2D eigenvalue weighted by molar-refractivity contribution is 0.0702. The van der Waals surface area contributed by atoms with Crippen LogP contribution in [0, 0.1) is 0 Å². The van der Waals surface area contributed by atoms with Crippen molar-refractivity contribution in [3.63, 3.8) is 0 Å². The van der Waals surface area contributed by atoms with Gasteiger partial charge in [0, 0.05) is 0 Å². The Morgan fingerprint density at radius 2 is 2.00 bits per heavy atom. The van der Waals surface area contributed by atoms with Gasteiger partial charge in [-0.15, -0.1) is 11.3 Å². The van der Waals surface area contributed by atoms with Gasteiger partial charge in [0.1, 0.15) is 10.6 Å². The van der Waals surface area contributed by atoms with Gasteiger partial charge < -0.3 is 9.84 Å². The number of rotatable bonds is 4. The number of aromatic carboxylic acids is 1. The van der Waals surface area contributed by atoms with Crippen molar-refractivity contribution in [2.45, 2.75) is 6.92 Å². The van der Waals surface area contributed by atoms with Gasteiger partial charge in [0.2, 0.25) is 0 Å². The molecule has 0 aliphatic rings. The molecule has 0 amide bonds. The van der Waals surface area contributed by atoms with Crippen LogP contribution in [0.1, 0.15) is 16.6 Å². The van der Waals surface area contributed by atoms with E-state index in [0.29, 0.717) is 11.5 Å². The summed E-state index contributed by atoms with van der Waals surface area (Å²) in [4.78, 5) is 11.1. The second kappa shape index (κ2) is 5.01. The van der Waals surface area contributed by atoms with Gasteiger partial charge in [-0.1, -0.05) is 12.1 Å². The summed E-state index contributed by atoms with van der Waals surface area (Å²) in [6.45, 7) is 2.58. The Morgan fingerprint density at radius 3 is 2.53 bits per heavy atom. The number of ether oxygens (including phenoxy) is 1. The molecule has 0 bridgehead atoms. The summed E-state index contributed by atoms with van der Waals surface area (Å²) in [7, 11) is 0. The van der Waals surface area contributed by atoms with E-state index in [4.69, 9.17) is 9.84 Å². The molecule has 1 aromatic carbocycles. The number of hydrogen-bond donors (Lipinski definition) is 1. The number of thiophene rings is 1. The van der Waals surface area contributed by atoms with E-state index in [1.165, 1.54) is 11.3 Å². The van der Waals surface area contributed by atoms with Crippen molar-refractivity contribution in [3.05, 3.63) is 40.6 Å². The molecule has 2 aromatic rings. The molecule has 0 spiro atoms. The Balaban J connectivity index is 2.23. The quantitative estimate of drug-likeness (QED) is 0.900. The zero-order valence-electron chi connectivity index (χ0n) is 9.34. The van der Waals surface area contributed by atoms with Crippen LogP contribution in [0.4, 0.5) is 0 Å². The fourth-order valence-electron chi connectivity index (χ4n) is 1.51. The Labute approximate surface area is 103 Å². The number of benzene rings is 1. The van der Waals surface area contributed by atoms with Crippen LogP contribution in [0.2, 0.25) is 0 Å². The summed E-state index contributed by atoms with van der Waals surface area (Å²) < 4.78 is 5.35. The molecule has 0 aliphatic heterocycles. The van der Waals surface area contributed by atoms with Crippen LogP contribution in [-0.4, -0.2) is 17.7 Å². The van der Waals surface area contributed by atoms with Gasteiger partial charge in [0.15, 0.2) is 0 Å². The maximum Gasteiger partial charge on any atom is 0.345 e. The van der Waals surface area contributed by atoms with Crippen LogP contribution in [0.3, 0.4) is 0 Å². The van der Waals surface area contributed by atoms with Crippen LogP contribution in [0.25, 0.3) is 11.1 Å². The van der Waals surface area contributed by atoms with Gasteiger partial charge in [0.05, 0.1) is 6.61 Å². The first-order chi connectivity index (χ1) is 8.20. The van der Waals surface area contributed by atoms with Crippen LogP contribution >= 0.6 is 11.3 Å². The van der Waals surface area contributed by atoms with E-state index in [9.17, 15) is 4.79 Å². The summed E-state index contributed by atoms with van der Waals surface area (Å²) >= 11 is 1.24. The minimum atomic E-state index is -0.882. The molecule has 1 heterocycles. The molecule has 17 heavy (non-hydrogen) atoms. The highest BCUT2D eigenvalue weighted by Gasteiger charge is 2.08. The Bertz CT molecular complexity index is 514. The Morgan fingerprint density at radius 1 is 1.29 bits per heavy atom. The highest BCUT2D eigenvalue weighted by atomic mass is 32.1. The van der Waals surface area contributed by atoms with E-state index in [2.05, 4.69) is 0 Å². The molecule has 4 heteroatoms. The molecule has 0 fully saturated rings. The van der Waals surface area contributed by atoms with Crippen molar-refractivity contribution in [3.8, 4) is 16.9 Å². The average Bonchev–Trinajstić information content (AvgIpc) is 2.80. The van der Waals surface area contributed by atoms with Gasteiger partial charge in [-0.05, 0) is 41.6 Å². The van der Waals surface area contributed by atoms with Gasteiger partial charge in [0.25, 0.3) is 0 Å². The van der Waals surface area contributed by atoms with Crippen LogP contribution < -0.4 is 4.74 Å². The number of hydrogen-bond acceptors (Lipinski definition) is 3. The predicted octanol–water partition coefficient (Wildman–Crippen LogP) is 3.51. The smallest absolute Gasteiger partial charge is 0.345 e. The summed E-state index contributed by atoms with van der Waals surface area (Å²) in [5.41, 5.74) is 1.92. The lowest BCUT2D eigenvalue weighted by Crippen LogP contribution is -1.91. The van der Waals surface area contributed by atoms with E-state index in [-0.39, 0.29) is 0 Å². The first-order valence-corrected chi connectivity index (χ1v) is 6.13. The molecule has 0 radical (unpaired) electrons. The third kappa shape index (κ3) is 2.65. The van der Waals surface area contributed by atoms with Gasteiger partial charge in [-0.2, -0.15) is 0 Å².